The molecule has 0 unspecified atom stereocenters. The first-order chi connectivity index (χ1) is 7.31. The van der Waals surface area contributed by atoms with Crippen LogP contribution in [0.1, 0.15) is 10.4 Å². The van der Waals surface area contributed by atoms with Gasteiger partial charge >= 0.3 is 0 Å². The molecular weight excluding hydrogens is 254 g/mol. The average molecular weight is 262 g/mol. The molecule has 0 aliphatic carbocycles. The van der Waals surface area contributed by atoms with Crippen molar-refractivity contribution >= 4 is 22.2 Å². The van der Waals surface area contributed by atoms with Crippen molar-refractivity contribution in [1.82, 2.24) is 4.98 Å². The number of pyridine rings is 1. The molecule has 1 aromatic carbocycles. The number of aldehydes is 1. The minimum absolute atomic E-state index is 0.611. The van der Waals surface area contributed by atoms with Crippen LogP contribution in [0.4, 0.5) is 0 Å². The lowest BCUT2D eigenvalue weighted by Gasteiger charge is -2.03. The molecule has 0 N–H and O–H groups in total. The summed E-state index contributed by atoms with van der Waals surface area (Å²) in [7, 11) is 0. The van der Waals surface area contributed by atoms with Gasteiger partial charge in [-0.1, -0.05) is 28.1 Å². The van der Waals surface area contributed by atoms with Crippen LogP contribution in [-0.2, 0) is 0 Å². The van der Waals surface area contributed by atoms with E-state index in [-0.39, 0.29) is 0 Å². The second kappa shape index (κ2) is 4.36. The van der Waals surface area contributed by atoms with Gasteiger partial charge in [0.1, 0.15) is 0 Å². The second-order valence-electron chi connectivity index (χ2n) is 3.09. The SMILES string of the molecule is O=Cc1cnccc1-c1ccc(Br)cc1. The van der Waals surface area contributed by atoms with Gasteiger partial charge in [-0.2, -0.15) is 0 Å². The zero-order chi connectivity index (χ0) is 10.7. The van der Waals surface area contributed by atoms with Gasteiger partial charge < -0.3 is 0 Å². The van der Waals surface area contributed by atoms with Gasteiger partial charge in [-0.3, -0.25) is 9.78 Å². The average Bonchev–Trinajstić information content (AvgIpc) is 2.30. The van der Waals surface area contributed by atoms with E-state index >= 15 is 0 Å². The van der Waals surface area contributed by atoms with Gasteiger partial charge in [0, 0.05) is 22.4 Å². The Morgan fingerprint density at radius 1 is 1.13 bits per heavy atom. The van der Waals surface area contributed by atoms with Crippen LogP contribution < -0.4 is 0 Å². The van der Waals surface area contributed by atoms with Crippen molar-refractivity contribution in [2.24, 2.45) is 0 Å². The summed E-state index contributed by atoms with van der Waals surface area (Å²) < 4.78 is 1.02. The third kappa shape index (κ3) is 2.13. The van der Waals surface area contributed by atoms with Crippen molar-refractivity contribution in [2.75, 3.05) is 0 Å². The molecule has 0 aliphatic rings. The first kappa shape index (κ1) is 10.1. The number of halogens is 1. The summed E-state index contributed by atoms with van der Waals surface area (Å²) in [5.74, 6) is 0. The lowest BCUT2D eigenvalue weighted by atomic mass is 10.0. The molecule has 74 valence electrons. The van der Waals surface area contributed by atoms with Crippen molar-refractivity contribution in [1.29, 1.82) is 0 Å². The quantitative estimate of drug-likeness (QED) is 0.777. The number of nitrogens with zero attached hydrogens (tertiary/aromatic N) is 1. The molecule has 3 heteroatoms. The van der Waals surface area contributed by atoms with Crippen LogP contribution in [0.3, 0.4) is 0 Å². The molecule has 0 spiro atoms. The maximum absolute atomic E-state index is 10.8. The monoisotopic (exact) mass is 261 g/mol. The molecule has 15 heavy (non-hydrogen) atoms. The molecular formula is C12H8BrNO. The zero-order valence-corrected chi connectivity index (χ0v) is 9.44. The highest BCUT2D eigenvalue weighted by Gasteiger charge is 2.03. The minimum Gasteiger partial charge on any atom is -0.298 e. The highest BCUT2D eigenvalue weighted by Crippen LogP contribution is 2.23. The van der Waals surface area contributed by atoms with Gasteiger partial charge in [0.25, 0.3) is 0 Å². The van der Waals surface area contributed by atoms with Gasteiger partial charge in [0.05, 0.1) is 0 Å². The van der Waals surface area contributed by atoms with E-state index in [4.69, 9.17) is 0 Å². The Balaban J connectivity index is 2.53. The predicted octanol–water partition coefficient (Wildman–Crippen LogP) is 3.32. The van der Waals surface area contributed by atoms with Crippen LogP contribution in [0.25, 0.3) is 11.1 Å². The third-order valence-corrected chi connectivity index (χ3v) is 2.66. The van der Waals surface area contributed by atoms with E-state index in [1.165, 1.54) is 0 Å². The van der Waals surface area contributed by atoms with Crippen molar-refractivity contribution in [2.45, 2.75) is 0 Å². The Morgan fingerprint density at radius 3 is 2.53 bits per heavy atom. The number of carbonyl (C=O) groups excluding carboxylic acids is 1. The van der Waals surface area contributed by atoms with Crippen molar-refractivity contribution in [3.63, 3.8) is 0 Å². The van der Waals surface area contributed by atoms with Crippen LogP contribution in [-0.4, -0.2) is 11.3 Å². The standard InChI is InChI=1S/C12H8BrNO/c13-11-3-1-9(2-4-11)12-5-6-14-7-10(12)8-15/h1-8H. The molecule has 0 saturated heterocycles. The van der Waals surface area contributed by atoms with Gasteiger partial charge in [-0.05, 0) is 29.3 Å². The highest BCUT2D eigenvalue weighted by atomic mass is 79.9. The second-order valence-corrected chi connectivity index (χ2v) is 4.00. The Kier molecular flexibility index (Phi) is 2.92. The fourth-order valence-corrected chi connectivity index (χ4v) is 1.66. The smallest absolute Gasteiger partial charge is 0.152 e. The first-order valence-corrected chi connectivity index (χ1v) is 5.25. The normalized spacial score (nSPS) is 9.93. The third-order valence-electron chi connectivity index (χ3n) is 2.13. The molecule has 2 nitrogen and oxygen atoms in total. The van der Waals surface area contributed by atoms with E-state index in [2.05, 4.69) is 20.9 Å². The van der Waals surface area contributed by atoms with Crippen molar-refractivity contribution in [3.8, 4) is 11.1 Å². The van der Waals surface area contributed by atoms with E-state index in [0.29, 0.717) is 5.56 Å². The predicted molar refractivity (Wildman–Crippen MR) is 62.8 cm³/mol. The summed E-state index contributed by atoms with van der Waals surface area (Å²) in [5.41, 5.74) is 2.54. The van der Waals surface area contributed by atoms with Crippen LogP contribution >= 0.6 is 15.9 Å². The molecule has 0 bridgehead atoms. The highest BCUT2D eigenvalue weighted by molar-refractivity contribution is 9.10. The number of hydrogen-bond donors (Lipinski definition) is 0. The summed E-state index contributed by atoms with van der Waals surface area (Å²) in [6.45, 7) is 0. The number of benzene rings is 1. The number of hydrogen-bond acceptors (Lipinski definition) is 2. The Hall–Kier alpha value is -1.48. The van der Waals surface area contributed by atoms with E-state index in [9.17, 15) is 4.79 Å². The number of aromatic nitrogens is 1. The molecule has 0 radical (unpaired) electrons. The molecule has 1 aromatic heterocycles. The molecule has 0 amide bonds. The van der Waals surface area contributed by atoms with Crippen molar-refractivity contribution in [3.05, 3.63) is 52.8 Å². The van der Waals surface area contributed by atoms with E-state index in [1.807, 2.05) is 30.3 Å². The first-order valence-electron chi connectivity index (χ1n) is 4.46. The van der Waals surface area contributed by atoms with E-state index < -0.39 is 0 Å². The van der Waals surface area contributed by atoms with Gasteiger partial charge in [0.2, 0.25) is 0 Å². The van der Waals surface area contributed by atoms with Crippen molar-refractivity contribution < 1.29 is 4.79 Å². The maximum atomic E-state index is 10.8. The lowest BCUT2D eigenvalue weighted by molar-refractivity contribution is 0.112. The molecule has 1 heterocycles. The topological polar surface area (TPSA) is 30.0 Å². The summed E-state index contributed by atoms with van der Waals surface area (Å²) in [6.07, 6.45) is 4.08. The molecule has 2 aromatic rings. The molecule has 0 fully saturated rings. The lowest BCUT2D eigenvalue weighted by Crippen LogP contribution is -1.88. The summed E-state index contributed by atoms with van der Waals surface area (Å²) >= 11 is 3.37. The molecule has 2 rings (SSSR count). The number of rotatable bonds is 2. The molecule has 0 saturated carbocycles. The van der Waals surface area contributed by atoms with Crippen LogP contribution in [0.15, 0.2) is 47.2 Å². The largest absolute Gasteiger partial charge is 0.298 e. The van der Waals surface area contributed by atoms with Crippen LogP contribution in [0, 0.1) is 0 Å². The summed E-state index contributed by atoms with van der Waals surface area (Å²) in [5, 5.41) is 0. The van der Waals surface area contributed by atoms with E-state index in [1.54, 1.807) is 12.4 Å². The van der Waals surface area contributed by atoms with Crippen LogP contribution in [0.2, 0.25) is 0 Å². The van der Waals surface area contributed by atoms with Gasteiger partial charge in [-0.15, -0.1) is 0 Å². The Morgan fingerprint density at radius 2 is 1.87 bits per heavy atom. The maximum Gasteiger partial charge on any atom is 0.152 e. The molecule has 0 atom stereocenters. The Bertz CT molecular complexity index is 479. The van der Waals surface area contributed by atoms with Crippen LogP contribution in [0.5, 0.6) is 0 Å². The molecule has 0 aliphatic heterocycles. The minimum atomic E-state index is 0.611. The fourth-order valence-electron chi connectivity index (χ4n) is 1.39. The summed E-state index contributed by atoms with van der Waals surface area (Å²) in [6, 6.07) is 9.67. The Labute approximate surface area is 96.1 Å². The summed E-state index contributed by atoms with van der Waals surface area (Å²) in [4.78, 5) is 14.7. The zero-order valence-electron chi connectivity index (χ0n) is 7.85. The van der Waals surface area contributed by atoms with Gasteiger partial charge in [0.15, 0.2) is 6.29 Å². The van der Waals surface area contributed by atoms with Gasteiger partial charge in [-0.25, -0.2) is 0 Å². The fraction of sp³-hybridized carbons (Fsp3) is 0. The van der Waals surface area contributed by atoms with E-state index in [0.717, 1.165) is 21.9 Å². The number of carbonyl (C=O) groups is 1.